The summed E-state index contributed by atoms with van der Waals surface area (Å²) in [7, 11) is 0. The van der Waals surface area contributed by atoms with Crippen molar-refractivity contribution in [1.82, 2.24) is 0 Å². The summed E-state index contributed by atoms with van der Waals surface area (Å²) in [6, 6.07) is 2.71. The van der Waals surface area contributed by atoms with E-state index in [-0.39, 0.29) is 11.4 Å². The number of ether oxygens (including phenoxy) is 3. The van der Waals surface area contributed by atoms with Crippen molar-refractivity contribution in [3.63, 3.8) is 0 Å². The summed E-state index contributed by atoms with van der Waals surface area (Å²) in [6.45, 7) is 8.10. The summed E-state index contributed by atoms with van der Waals surface area (Å²) < 4.78 is 29.8. The maximum absolute atomic E-state index is 13.6. The molecule has 1 aromatic carbocycles. The predicted octanol–water partition coefficient (Wildman–Crippen LogP) is 3.25. The molecule has 0 aliphatic heterocycles. The number of rotatable bonds is 9. The molecule has 0 fully saturated rings. The molecular weight excluding hydrogens is 261 g/mol. The van der Waals surface area contributed by atoms with Gasteiger partial charge in [0.25, 0.3) is 0 Å². The molecule has 20 heavy (non-hydrogen) atoms. The topological polar surface area (TPSA) is 53.7 Å². The second kappa shape index (κ2) is 8.64. The smallest absolute Gasteiger partial charge is 0.167 e. The first-order valence-corrected chi connectivity index (χ1v) is 6.97. The van der Waals surface area contributed by atoms with E-state index in [9.17, 15) is 4.39 Å². The van der Waals surface area contributed by atoms with Gasteiger partial charge in [0.15, 0.2) is 11.6 Å². The average Bonchev–Trinajstić information content (AvgIpc) is 2.39. The van der Waals surface area contributed by atoms with Crippen molar-refractivity contribution in [2.24, 2.45) is 5.92 Å². The quantitative estimate of drug-likeness (QED) is 0.559. The molecule has 0 heterocycles. The minimum atomic E-state index is -0.473. The van der Waals surface area contributed by atoms with E-state index in [4.69, 9.17) is 19.9 Å². The van der Waals surface area contributed by atoms with Gasteiger partial charge in [-0.05, 0) is 12.3 Å². The number of nitrogen functional groups attached to an aromatic ring is 1. The number of hydrogen-bond donors (Lipinski definition) is 1. The fourth-order valence-electron chi connectivity index (χ4n) is 1.53. The summed E-state index contributed by atoms with van der Waals surface area (Å²) >= 11 is 0. The molecule has 2 N–H and O–H groups in total. The maximum Gasteiger partial charge on any atom is 0.167 e. The fourth-order valence-corrected chi connectivity index (χ4v) is 1.53. The summed E-state index contributed by atoms with van der Waals surface area (Å²) in [5.41, 5.74) is 5.98. The fraction of sp³-hybridized carbons (Fsp3) is 0.600. The van der Waals surface area contributed by atoms with Crippen molar-refractivity contribution in [2.45, 2.75) is 27.2 Å². The van der Waals surface area contributed by atoms with E-state index in [1.807, 2.05) is 6.92 Å². The van der Waals surface area contributed by atoms with E-state index in [2.05, 4.69) is 13.8 Å². The molecule has 0 amide bonds. The minimum Gasteiger partial charge on any atom is -0.490 e. The van der Waals surface area contributed by atoms with Crippen LogP contribution in [-0.2, 0) is 4.74 Å². The first-order valence-electron chi connectivity index (χ1n) is 6.97. The second-order valence-corrected chi connectivity index (χ2v) is 4.99. The Balaban J connectivity index is 2.51. The molecular formula is C15H24FNO3. The van der Waals surface area contributed by atoms with E-state index < -0.39 is 5.82 Å². The van der Waals surface area contributed by atoms with Crippen molar-refractivity contribution in [2.75, 3.05) is 32.2 Å². The lowest BCUT2D eigenvalue weighted by Crippen LogP contribution is -2.11. The van der Waals surface area contributed by atoms with E-state index in [1.54, 1.807) is 0 Å². The van der Waals surface area contributed by atoms with Gasteiger partial charge >= 0.3 is 0 Å². The summed E-state index contributed by atoms with van der Waals surface area (Å²) in [6.07, 6.45) is 0.809. The van der Waals surface area contributed by atoms with Crippen LogP contribution in [0.2, 0.25) is 0 Å². The standard InChI is InChI=1S/C15H24FNO3/c1-4-5-19-14-9-15(13(17)8-12(14)16)20-7-6-18-10-11(2)3/h8-9,11H,4-7,10,17H2,1-3H3. The van der Waals surface area contributed by atoms with E-state index in [1.165, 1.54) is 12.1 Å². The van der Waals surface area contributed by atoms with Crippen LogP contribution in [0.5, 0.6) is 11.5 Å². The lowest BCUT2D eigenvalue weighted by atomic mass is 10.2. The lowest BCUT2D eigenvalue weighted by Gasteiger charge is -2.13. The molecule has 0 aliphatic rings. The van der Waals surface area contributed by atoms with Gasteiger partial charge in [-0.3, -0.25) is 0 Å². The largest absolute Gasteiger partial charge is 0.490 e. The van der Waals surface area contributed by atoms with Gasteiger partial charge in [0.1, 0.15) is 12.4 Å². The van der Waals surface area contributed by atoms with Crippen molar-refractivity contribution in [3.05, 3.63) is 17.9 Å². The Morgan fingerprint density at radius 1 is 1.10 bits per heavy atom. The van der Waals surface area contributed by atoms with Gasteiger partial charge in [-0.1, -0.05) is 20.8 Å². The van der Waals surface area contributed by atoms with Gasteiger partial charge in [-0.15, -0.1) is 0 Å². The van der Waals surface area contributed by atoms with Crippen molar-refractivity contribution in [3.8, 4) is 11.5 Å². The van der Waals surface area contributed by atoms with Crippen LogP contribution >= 0.6 is 0 Å². The van der Waals surface area contributed by atoms with Crippen LogP contribution in [0.3, 0.4) is 0 Å². The molecule has 0 atom stereocenters. The minimum absolute atomic E-state index is 0.166. The lowest BCUT2D eigenvalue weighted by molar-refractivity contribution is 0.0820. The van der Waals surface area contributed by atoms with Gasteiger partial charge in [-0.2, -0.15) is 0 Å². The Hall–Kier alpha value is -1.49. The third-order valence-electron chi connectivity index (χ3n) is 2.46. The Kier molecular flexibility index (Phi) is 7.15. The SMILES string of the molecule is CCCOc1cc(OCCOCC(C)C)c(N)cc1F. The van der Waals surface area contributed by atoms with E-state index in [0.29, 0.717) is 38.1 Å². The highest BCUT2D eigenvalue weighted by Crippen LogP contribution is 2.30. The zero-order valence-corrected chi connectivity index (χ0v) is 12.4. The van der Waals surface area contributed by atoms with Crippen molar-refractivity contribution < 1.29 is 18.6 Å². The number of nitrogens with two attached hydrogens (primary N) is 1. The molecule has 5 heteroatoms. The first kappa shape index (κ1) is 16.6. The third-order valence-corrected chi connectivity index (χ3v) is 2.46. The maximum atomic E-state index is 13.6. The molecule has 0 aliphatic carbocycles. The molecule has 114 valence electrons. The van der Waals surface area contributed by atoms with Gasteiger partial charge in [-0.25, -0.2) is 4.39 Å². The number of halogens is 1. The molecule has 1 rings (SSSR count). The molecule has 0 saturated carbocycles. The van der Waals surface area contributed by atoms with Crippen molar-refractivity contribution >= 4 is 5.69 Å². The molecule has 0 radical (unpaired) electrons. The van der Waals surface area contributed by atoms with Crippen LogP contribution in [0.1, 0.15) is 27.2 Å². The Bertz CT molecular complexity index is 410. The molecule has 0 spiro atoms. The van der Waals surface area contributed by atoms with Crippen molar-refractivity contribution in [1.29, 1.82) is 0 Å². The normalized spacial score (nSPS) is 10.8. The van der Waals surface area contributed by atoms with Crippen LogP contribution in [0, 0.1) is 11.7 Å². The molecule has 1 aromatic rings. The number of benzene rings is 1. The van der Waals surface area contributed by atoms with Crippen LogP contribution in [0.4, 0.5) is 10.1 Å². The van der Waals surface area contributed by atoms with E-state index >= 15 is 0 Å². The van der Waals surface area contributed by atoms with Gasteiger partial charge in [0.2, 0.25) is 0 Å². The molecule has 0 aromatic heterocycles. The molecule has 0 saturated heterocycles. The zero-order valence-electron chi connectivity index (χ0n) is 12.4. The highest BCUT2D eigenvalue weighted by Gasteiger charge is 2.10. The predicted molar refractivity (Wildman–Crippen MR) is 77.8 cm³/mol. The number of hydrogen-bond acceptors (Lipinski definition) is 4. The van der Waals surface area contributed by atoms with E-state index in [0.717, 1.165) is 6.42 Å². The number of anilines is 1. The van der Waals surface area contributed by atoms with Crippen LogP contribution in [0.25, 0.3) is 0 Å². The van der Waals surface area contributed by atoms with Crippen LogP contribution < -0.4 is 15.2 Å². The first-order chi connectivity index (χ1) is 9.54. The average molecular weight is 285 g/mol. The molecule has 0 unspecified atom stereocenters. The molecule has 0 bridgehead atoms. The Labute approximate surface area is 120 Å². The van der Waals surface area contributed by atoms with Gasteiger partial charge in [0.05, 0.1) is 18.9 Å². The third kappa shape index (κ3) is 5.65. The van der Waals surface area contributed by atoms with Gasteiger partial charge < -0.3 is 19.9 Å². The van der Waals surface area contributed by atoms with Crippen LogP contribution in [-0.4, -0.2) is 26.4 Å². The van der Waals surface area contributed by atoms with Crippen LogP contribution in [0.15, 0.2) is 12.1 Å². The Morgan fingerprint density at radius 2 is 1.80 bits per heavy atom. The highest BCUT2D eigenvalue weighted by atomic mass is 19.1. The Morgan fingerprint density at radius 3 is 2.45 bits per heavy atom. The zero-order chi connectivity index (χ0) is 15.0. The summed E-state index contributed by atoms with van der Waals surface area (Å²) in [5.74, 6) is 0.601. The summed E-state index contributed by atoms with van der Waals surface area (Å²) in [5, 5.41) is 0. The summed E-state index contributed by atoms with van der Waals surface area (Å²) in [4.78, 5) is 0. The molecule has 4 nitrogen and oxygen atoms in total. The second-order valence-electron chi connectivity index (χ2n) is 4.99. The monoisotopic (exact) mass is 285 g/mol. The van der Waals surface area contributed by atoms with Gasteiger partial charge in [0, 0.05) is 18.7 Å². The highest BCUT2D eigenvalue weighted by molar-refractivity contribution is 5.56.